The summed E-state index contributed by atoms with van der Waals surface area (Å²) in [6.07, 6.45) is 5.79. The van der Waals surface area contributed by atoms with Crippen LogP contribution in [0.1, 0.15) is 85.7 Å². The number of aryl methyl sites for hydroxylation is 1. The maximum atomic E-state index is 12.6. The zero-order valence-corrected chi connectivity index (χ0v) is 27.1. The van der Waals surface area contributed by atoms with Crippen LogP contribution < -0.4 is 9.82 Å². The highest BCUT2D eigenvalue weighted by Gasteiger charge is 2.55. The van der Waals surface area contributed by atoms with Gasteiger partial charge in [-0.3, -0.25) is 9.59 Å². The Hall–Kier alpha value is -3.16. The molecule has 14 heteroatoms. The van der Waals surface area contributed by atoms with E-state index in [9.17, 15) is 23.8 Å². The first-order chi connectivity index (χ1) is 22.5. The molecule has 0 aromatic heterocycles. The minimum absolute atomic E-state index is 0.00162. The fourth-order valence-corrected chi connectivity index (χ4v) is 8.56. The monoisotopic (exact) mass is 675 g/mol. The Bertz CT molecular complexity index is 1470. The van der Waals surface area contributed by atoms with Gasteiger partial charge in [0.15, 0.2) is 0 Å². The Labute approximate surface area is 272 Å². The fourth-order valence-electron chi connectivity index (χ4n) is 7.76. The quantitative estimate of drug-likeness (QED) is 0.0441. The van der Waals surface area contributed by atoms with Gasteiger partial charge < -0.3 is 24.6 Å². The van der Waals surface area contributed by atoms with Crippen LogP contribution in [0.5, 0.6) is 5.75 Å². The van der Waals surface area contributed by atoms with Crippen LogP contribution in [0.2, 0.25) is 0 Å². The summed E-state index contributed by atoms with van der Waals surface area (Å²) in [7, 11) is -4.74. The van der Waals surface area contributed by atoms with Gasteiger partial charge >= 0.3 is 25.7 Å². The Morgan fingerprint density at radius 2 is 1.83 bits per heavy atom. The molecule has 5 rings (SSSR count). The number of carbonyl (C=O) groups is 3. The lowest BCUT2D eigenvalue weighted by atomic mass is 9.55. The molecular weight excluding hydrogens is 633 g/mol. The van der Waals surface area contributed by atoms with Crippen LogP contribution in [0.3, 0.4) is 0 Å². The van der Waals surface area contributed by atoms with Gasteiger partial charge in [0.05, 0.1) is 18.3 Å². The third kappa shape index (κ3) is 8.66. The van der Waals surface area contributed by atoms with Crippen LogP contribution in [0.15, 0.2) is 48.5 Å². The topological polar surface area (TPSA) is 187 Å². The van der Waals surface area contributed by atoms with Crippen molar-refractivity contribution in [1.82, 2.24) is 5.09 Å². The number of hydrogen-bond donors (Lipinski definition) is 4. The number of esters is 1. The zero-order chi connectivity index (χ0) is 33.6. The highest BCUT2D eigenvalue weighted by molar-refractivity contribution is 7.50. The third-order valence-electron chi connectivity index (χ3n) is 9.97. The van der Waals surface area contributed by atoms with Gasteiger partial charge in [-0.05, 0) is 110 Å². The number of nitrogens with one attached hydrogen (secondary N) is 1. The van der Waals surface area contributed by atoms with Crippen LogP contribution >= 0.6 is 7.75 Å². The predicted octanol–water partition coefficient (Wildman–Crippen LogP) is 5.43. The van der Waals surface area contributed by atoms with Gasteiger partial charge in [-0.1, -0.05) is 36.2 Å². The number of carbonyl (C=O) groups excluding carboxylic acids is 1. The summed E-state index contributed by atoms with van der Waals surface area (Å²) in [6, 6.07) is 13.4. The number of carboxylic acids is 2. The predicted molar refractivity (Wildman–Crippen MR) is 166 cm³/mol. The standard InChI is InChI=1S/C33H42NO12P/c1-33-17-16-25-24-11-9-23(44-32(39)21-6-3-2-4-7-21)20-22(24)8-10-26(25)27(33)12-14-29(33)42-18-5-19-43-45-46-47(40,41)34-28(31(37)38)13-15-30(35)36/h2-4,6-7,9,11,20,25-29H,5,8,10,12-19H2,1H3,(H,35,36)(H,37,38)(H2,34,40,41)/t25?,26?,27?,28-,29?,33-/m0/s1. The molecule has 0 amide bonds. The maximum absolute atomic E-state index is 12.6. The van der Waals surface area contributed by atoms with Crippen molar-refractivity contribution in [2.24, 2.45) is 17.3 Å². The lowest BCUT2D eigenvalue weighted by molar-refractivity contribution is -0.470. The third-order valence-corrected chi connectivity index (χ3v) is 10.9. The van der Waals surface area contributed by atoms with Crippen molar-refractivity contribution in [1.29, 1.82) is 0 Å². The number of hydrogen-bond acceptors (Lipinski definition) is 9. The van der Waals surface area contributed by atoms with E-state index in [0.717, 1.165) is 38.5 Å². The SMILES string of the molecule is C[C@]12CCC3c4ccc(OC(=O)c5ccccc5)cc4CCC3C1CCC2OCCCOOOP(=O)(O)N[C@@H](CCC(=O)O)C(=O)O. The van der Waals surface area contributed by atoms with Crippen LogP contribution in [0, 0.1) is 17.3 Å². The second-order valence-corrected chi connectivity index (χ2v) is 14.3. The van der Waals surface area contributed by atoms with Crippen molar-refractivity contribution in [2.75, 3.05) is 13.2 Å². The Morgan fingerprint density at radius 1 is 1.04 bits per heavy atom. The van der Waals surface area contributed by atoms with Gasteiger partial charge in [0.2, 0.25) is 0 Å². The van der Waals surface area contributed by atoms with Crippen LogP contribution in [-0.4, -0.2) is 58.4 Å². The first kappa shape index (κ1) is 35.2. The summed E-state index contributed by atoms with van der Waals surface area (Å²) >= 11 is 0. The highest BCUT2D eigenvalue weighted by Crippen LogP contribution is 2.61. The van der Waals surface area contributed by atoms with Crippen molar-refractivity contribution in [3.8, 4) is 5.75 Å². The van der Waals surface area contributed by atoms with E-state index in [0.29, 0.717) is 42.1 Å². The first-order valence-electron chi connectivity index (χ1n) is 16.0. The van der Waals surface area contributed by atoms with E-state index in [1.165, 1.54) is 11.1 Å². The molecule has 5 unspecified atom stereocenters. The average Bonchev–Trinajstić information content (AvgIpc) is 3.38. The van der Waals surface area contributed by atoms with Crippen molar-refractivity contribution in [3.05, 3.63) is 65.2 Å². The molecule has 0 heterocycles. The number of fused-ring (bicyclic) bond motifs is 5. The summed E-state index contributed by atoms with van der Waals surface area (Å²) < 4.78 is 28.4. The number of benzene rings is 2. The molecule has 0 saturated heterocycles. The van der Waals surface area contributed by atoms with E-state index in [1.54, 1.807) is 12.1 Å². The molecule has 2 aromatic carbocycles. The summed E-state index contributed by atoms with van der Waals surface area (Å²) in [6.45, 7) is 2.73. The van der Waals surface area contributed by atoms with Crippen molar-refractivity contribution in [2.45, 2.75) is 82.8 Å². The smallest absolute Gasteiger partial charge is 0.433 e. The largest absolute Gasteiger partial charge is 0.481 e. The van der Waals surface area contributed by atoms with Crippen molar-refractivity contribution >= 4 is 25.7 Å². The minimum Gasteiger partial charge on any atom is -0.481 e. The van der Waals surface area contributed by atoms with Crippen molar-refractivity contribution in [3.63, 3.8) is 0 Å². The summed E-state index contributed by atoms with van der Waals surface area (Å²) in [5.74, 6) is -0.960. The number of aliphatic carboxylic acids is 2. The van der Waals surface area contributed by atoms with Crippen LogP contribution in [-0.2, 0) is 39.9 Å². The van der Waals surface area contributed by atoms with Gasteiger partial charge in [-0.2, -0.15) is 0 Å². The molecule has 4 N–H and O–H groups in total. The Morgan fingerprint density at radius 3 is 2.57 bits per heavy atom. The lowest BCUT2D eigenvalue weighted by Crippen LogP contribution is -2.44. The van der Waals surface area contributed by atoms with Crippen LogP contribution in [0.4, 0.5) is 0 Å². The maximum Gasteiger partial charge on any atom is 0.433 e. The van der Waals surface area contributed by atoms with E-state index in [1.807, 2.05) is 35.4 Å². The van der Waals surface area contributed by atoms with E-state index < -0.39 is 38.6 Å². The second-order valence-electron chi connectivity index (χ2n) is 12.8. The van der Waals surface area contributed by atoms with Crippen LogP contribution in [0.25, 0.3) is 0 Å². The zero-order valence-electron chi connectivity index (χ0n) is 26.2. The molecule has 2 fully saturated rings. The number of carboxylic acid groups (broad SMARTS) is 2. The van der Waals surface area contributed by atoms with Gasteiger partial charge in [-0.15, -0.1) is 4.67 Å². The second kappa shape index (κ2) is 15.4. The van der Waals surface area contributed by atoms with E-state index in [2.05, 4.69) is 22.7 Å². The normalized spacial score (nSPS) is 26.7. The highest BCUT2D eigenvalue weighted by atomic mass is 31.2. The van der Waals surface area contributed by atoms with E-state index in [-0.39, 0.29) is 24.1 Å². The molecule has 7 atom stereocenters. The number of ether oxygens (including phenoxy) is 2. The molecule has 2 aromatic rings. The first-order valence-corrected chi connectivity index (χ1v) is 17.6. The molecule has 47 heavy (non-hydrogen) atoms. The Kier molecular flexibility index (Phi) is 11.5. The summed E-state index contributed by atoms with van der Waals surface area (Å²) in [5.41, 5.74) is 3.21. The van der Waals surface area contributed by atoms with Gasteiger partial charge in [0, 0.05) is 13.0 Å². The lowest BCUT2D eigenvalue weighted by Gasteiger charge is -2.50. The van der Waals surface area contributed by atoms with Gasteiger partial charge in [-0.25, -0.2) is 19.3 Å². The molecular formula is C33H42NO12P. The average molecular weight is 676 g/mol. The molecule has 0 bridgehead atoms. The molecule has 3 aliphatic carbocycles. The number of rotatable bonds is 16. The molecule has 0 spiro atoms. The van der Waals surface area contributed by atoms with Gasteiger partial charge in [0.25, 0.3) is 0 Å². The van der Waals surface area contributed by atoms with E-state index in [4.69, 9.17) is 24.6 Å². The fraction of sp³-hybridized carbons (Fsp3) is 0.545. The molecule has 13 nitrogen and oxygen atoms in total. The molecule has 0 aliphatic heterocycles. The van der Waals surface area contributed by atoms with Gasteiger partial charge in [0.1, 0.15) is 11.8 Å². The summed E-state index contributed by atoms with van der Waals surface area (Å²) in [4.78, 5) is 49.0. The molecule has 2 saturated carbocycles. The van der Waals surface area contributed by atoms with Crippen molar-refractivity contribution < 1.29 is 58.1 Å². The minimum atomic E-state index is -4.74. The Balaban J connectivity index is 1.05. The molecule has 256 valence electrons. The molecule has 0 radical (unpaired) electrons. The molecule has 3 aliphatic rings. The van der Waals surface area contributed by atoms with E-state index >= 15 is 0 Å². The summed E-state index contributed by atoms with van der Waals surface area (Å²) in [5, 5.41) is 24.0.